The predicted molar refractivity (Wildman–Crippen MR) is 107 cm³/mol. The molecule has 2 aliphatic heterocycles. The molecule has 1 aromatic carbocycles. The van der Waals surface area contributed by atoms with Crippen LogP contribution >= 0.6 is 24.8 Å². The van der Waals surface area contributed by atoms with Crippen LogP contribution < -0.4 is 10.6 Å². The highest BCUT2D eigenvalue weighted by atomic mass is 35.5. The normalized spacial score (nSPS) is 21.2. The van der Waals surface area contributed by atoms with Gasteiger partial charge in [-0.25, -0.2) is 0 Å². The molecule has 2 saturated heterocycles. The van der Waals surface area contributed by atoms with Crippen molar-refractivity contribution in [3.8, 4) is 0 Å². The quantitative estimate of drug-likeness (QED) is 0.815. The number of likely N-dealkylation sites (tertiary alicyclic amines) is 1. The molecule has 0 aliphatic carbocycles. The van der Waals surface area contributed by atoms with Gasteiger partial charge in [0.15, 0.2) is 0 Å². The second kappa shape index (κ2) is 11.0. The molecule has 1 aromatic rings. The maximum absolute atomic E-state index is 12.0. The van der Waals surface area contributed by atoms with Crippen molar-refractivity contribution in [2.75, 3.05) is 26.2 Å². The first-order valence-electron chi connectivity index (χ1n) is 8.99. The van der Waals surface area contributed by atoms with Crippen molar-refractivity contribution < 1.29 is 4.79 Å². The Morgan fingerprint density at radius 3 is 2.36 bits per heavy atom. The molecule has 6 heteroatoms. The number of amides is 1. The summed E-state index contributed by atoms with van der Waals surface area (Å²) in [6.07, 6.45) is 3.60. The monoisotopic (exact) mass is 387 g/mol. The molecule has 2 N–H and O–H groups in total. The van der Waals surface area contributed by atoms with Gasteiger partial charge in [-0.15, -0.1) is 24.8 Å². The zero-order valence-corrected chi connectivity index (χ0v) is 16.6. The molecule has 2 aliphatic rings. The Morgan fingerprint density at radius 2 is 1.76 bits per heavy atom. The lowest BCUT2D eigenvalue weighted by atomic mass is 9.99. The van der Waals surface area contributed by atoms with Gasteiger partial charge >= 0.3 is 0 Å². The summed E-state index contributed by atoms with van der Waals surface area (Å²) in [7, 11) is 0. The summed E-state index contributed by atoms with van der Waals surface area (Å²) in [5, 5.41) is 6.29. The standard InChI is InChI=1S/C19H29N3O.2ClH/c1-15-7-10-22(11-8-15)14-17-4-2-16(3-5-17)12-21-19(23)18-6-9-20-13-18;;/h2-5,15,18,20H,6-14H2,1H3,(H,21,23);2*1H. The van der Waals surface area contributed by atoms with Gasteiger partial charge in [0, 0.05) is 19.6 Å². The fourth-order valence-corrected chi connectivity index (χ4v) is 3.45. The molecular weight excluding hydrogens is 357 g/mol. The van der Waals surface area contributed by atoms with Crippen LogP contribution in [-0.2, 0) is 17.9 Å². The largest absolute Gasteiger partial charge is 0.352 e. The van der Waals surface area contributed by atoms with Gasteiger partial charge in [-0.1, -0.05) is 31.2 Å². The first kappa shape index (κ1) is 22.2. The minimum atomic E-state index is 0. The lowest BCUT2D eigenvalue weighted by Crippen LogP contribution is -2.32. The number of hydrogen-bond acceptors (Lipinski definition) is 3. The highest BCUT2D eigenvalue weighted by Crippen LogP contribution is 2.18. The maximum Gasteiger partial charge on any atom is 0.224 e. The first-order valence-corrected chi connectivity index (χ1v) is 8.99. The molecule has 0 bridgehead atoms. The van der Waals surface area contributed by atoms with Gasteiger partial charge in [0.1, 0.15) is 0 Å². The number of piperidine rings is 1. The van der Waals surface area contributed by atoms with Crippen LogP contribution in [0.1, 0.15) is 37.3 Å². The molecule has 1 amide bonds. The van der Waals surface area contributed by atoms with Crippen LogP contribution in [-0.4, -0.2) is 37.0 Å². The average Bonchev–Trinajstić information content (AvgIpc) is 3.11. The summed E-state index contributed by atoms with van der Waals surface area (Å²) in [4.78, 5) is 14.6. The van der Waals surface area contributed by atoms with Crippen molar-refractivity contribution in [3.63, 3.8) is 0 Å². The van der Waals surface area contributed by atoms with Gasteiger partial charge in [-0.05, 0) is 55.9 Å². The zero-order chi connectivity index (χ0) is 16.1. The Labute approximate surface area is 163 Å². The Balaban J connectivity index is 0.00000156. The minimum Gasteiger partial charge on any atom is -0.352 e. The molecule has 3 rings (SSSR count). The molecule has 1 unspecified atom stereocenters. The highest BCUT2D eigenvalue weighted by molar-refractivity contribution is 5.85. The first-order chi connectivity index (χ1) is 11.2. The molecule has 4 nitrogen and oxygen atoms in total. The van der Waals surface area contributed by atoms with E-state index < -0.39 is 0 Å². The molecule has 0 saturated carbocycles. The molecule has 142 valence electrons. The van der Waals surface area contributed by atoms with E-state index >= 15 is 0 Å². The number of hydrogen-bond donors (Lipinski definition) is 2. The summed E-state index contributed by atoms with van der Waals surface area (Å²) in [5.74, 6) is 1.21. The lowest BCUT2D eigenvalue weighted by molar-refractivity contribution is -0.124. The van der Waals surface area contributed by atoms with Crippen molar-refractivity contribution in [3.05, 3.63) is 35.4 Å². The molecule has 0 radical (unpaired) electrons. The van der Waals surface area contributed by atoms with E-state index in [1.54, 1.807) is 0 Å². The Morgan fingerprint density at radius 1 is 1.12 bits per heavy atom. The Kier molecular flexibility index (Phi) is 9.80. The topological polar surface area (TPSA) is 44.4 Å². The number of halogens is 2. The van der Waals surface area contributed by atoms with Gasteiger partial charge in [0.2, 0.25) is 5.91 Å². The third kappa shape index (κ3) is 6.78. The van der Waals surface area contributed by atoms with E-state index in [1.165, 1.54) is 37.1 Å². The molecule has 0 aromatic heterocycles. The summed E-state index contributed by atoms with van der Waals surface area (Å²) < 4.78 is 0. The van der Waals surface area contributed by atoms with Crippen molar-refractivity contribution in [1.29, 1.82) is 0 Å². The second-order valence-electron chi connectivity index (χ2n) is 7.18. The van der Waals surface area contributed by atoms with Crippen molar-refractivity contribution in [2.24, 2.45) is 11.8 Å². The minimum absolute atomic E-state index is 0. The highest BCUT2D eigenvalue weighted by Gasteiger charge is 2.21. The Bertz CT molecular complexity index is 510. The molecule has 1 atom stereocenters. The van der Waals surface area contributed by atoms with E-state index in [4.69, 9.17) is 0 Å². The summed E-state index contributed by atoms with van der Waals surface area (Å²) in [5.41, 5.74) is 2.55. The fraction of sp³-hybridized carbons (Fsp3) is 0.632. The smallest absolute Gasteiger partial charge is 0.224 e. The van der Waals surface area contributed by atoms with E-state index in [1.807, 2.05) is 0 Å². The van der Waals surface area contributed by atoms with Crippen LogP contribution in [0.4, 0.5) is 0 Å². The van der Waals surface area contributed by atoms with Gasteiger partial charge in [0.25, 0.3) is 0 Å². The SMILES string of the molecule is CC1CCN(Cc2ccc(CNC(=O)C3CCNC3)cc2)CC1.Cl.Cl. The van der Waals surface area contributed by atoms with E-state index in [2.05, 4.69) is 46.7 Å². The van der Waals surface area contributed by atoms with Crippen molar-refractivity contribution in [1.82, 2.24) is 15.5 Å². The van der Waals surface area contributed by atoms with E-state index in [-0.39, 0.29) is 36.6 Å². The summed E-state index contributed by atoms with van der Waals surface area (Å²) in [6, 6.07) is 8.71. The second-order valence-corrected chi connectivity index (χ2v) is 7.18. The van der Waals surface area contributed by atoms with Crippen LogP contribution in [0.5, 0.6) is 0 Å². The van der Waals surface area contributed by atoms with Crippen molar-refractivity contribution in [2.45, 2.75) is 39.3 Å². The van der Waals surface area contributed by atoms with Gasteiger partial charge in [0.05, 0.1) is 5.92 Å². The summed E-state index contributed by atoms with van der Waals surface area (Å²) in [6.45, 7) is 8.25. The van der Waals surface area contributed by atoms with Crippen LogP contribution in [0.25, 0.3) is 0 Å². The molecule has 2 heterocycles. The summed E-state index contributed by atoms with van der Waals surface area (Å²) >= 11 is 0. The van der Waals surface area contributed by atoms with Crippen LogP contribution in [0.15, 0.2) is 24.3 Å². The lowest BCUT2D eigenvalue weighted by Gasteiger charge is -2.30. The molecule has 25 heavy (non-hydrogen) atoms. The zero-order valence-electron chi connectivity index (χ0n) is 15.0. The third-order valence-electron chi connectivity index (χ3n) is 5.20. The number of rotatable bonds is 5. The predicted octanol–water partition coefficient (Wildman–Crippen LogP) is 2.99. The number of nitrogens with one attached hydrogen (secondary N) is 2. The number of benzene rings is 1. The molecule has 0 spiro atoms. The van der Waals surface area contributed by atoms with Crippen LogP contribution in [0.2, 0.25) is 0 Å². The third-order valence-corrected chi connectivity index (χ3v) is 5.20. The van der Waals surface area contributed by atoms with E-state index in [0.29, 0.717) is 6.54 Å². The van der Waals surface area contributed by atoms with E-state index in [9.17, 15) is 4.79 Å². The fourth-order valence-electron chi connectivity index (χ4n) is 3.45. The van der Waals surface area contributed by atoms with Crippen molar-refractivity contribution >= 4 is 30.7 Å². The molecular formula is C19H31Cl2N3O. The Hall–Kier alpha value is -0.810. The molecule has 2 fully saturated rings. The number of carbonyl (C=O) groups is 1. The van der Waals surface area contributed by atoms with Gasteiger partial charge < -0.3 is 10.6 Å². The van der Waals surface area contributed by atoms with Gasteiger partial charge in [-0.2, -0.15) is 0 Å². The number of nitrogens with zero attached hydrogens (tertiary/aromatic N) is 1. The van der Waals surface area contributed by atoms with Crippen LogP contribution in [0, 0.1) is 11.8 Å². The van der Waals surface area contributed by atoms with Crippen LogP contribution in [0.3, 0.4) is 0 Å². The average molecular weight is 388 g/mol. The van der Waals surface area contributed by atoms with E-state index in [0.717, 1.165) is 32.0 Å². The number of carbonyl (C=O) groups excluding carboxylic acids is 1. The maximum atomic E-state index is 12.0. The van der Waals surface area contributed by atoms with Gasteiger partial charge in [-0.3, -0.25) is 9.69 Å².